The third-order valence-electron chi connectivity index (χ3n) is 6.33. The Hall–Kier alpha value is -0.660. The summed E-state index contributed by atoms with van der Waals surface area (Å²) in [5.74, 6) is 0.964. The molecule has 1 saturated carbocycles. The highest BCUT2D eigenvalue weighted by Crippen LogP contribution is 2.28. The number of quaternary nitrogens is 1. The lowest BCUT2D eigenvalue weighted by Gasteiger charge is -2.25. The summed E-state index contributed by atoms with van der Waals surface area (Å²) in [6.07, 6.45) is 24.0. The predicted molar refractivity (Wildman–Crippen MR) is 130 cm³/mol. The molecule has 0 saturated heterocycles. The number of hydrogen-bond donors (Lipinski definition) is 1. The minimum absolute atomic E-state index is 0.0622. The van der Waals surface area contributed by atoms with Crippen LogP contribution in [0.1, 0.15) is 122 Å². The van der Waals surface area contributed by atoms with Crippen molar-refractivity contribution in [1.29, 1.82) is 0 Å². The minimum atomic E-state index is -3.92. The van der Waals surface area contributed by atoms with E-state index in [-0.39, 0.29) is 11.9 Å². The molecule has 1 fully saturated rings. The SMILES string of the molecule is CCCCCCCCCCCCCCCCOC(=O)C1CCC(C[NH3+])CC1.CS(=O)(=O)[O-]. The smallest absolute Gasteiger partial charge is 0.308 e. The first-order chi connectivity index (χ1) is 15.3. The van der Waals surface area contributed by atoms with Crippen LogP contribution >= 0.6 is 0 Å². The maximum absolute atomic E-state index is 12.1. The van der Waals surface area contributed by atoms with Crippen molar-refractivity contribution in [2.75, 3.05) is 19.4 Å². The molecule has 0 heterocycles. The molecule has 0 aromatic heterocycles. The van der Waals surface area contributed by atoms with Crippen LogP contribution in [-0.2, 0) is 19.6 Å². The molecular weight excluding hydrogens is 426 g/mol. The van der Waals surface area contributed by atoms with E-state index >= 15 is 0 Å². The topological polar surface area (TPSA) is 111 Å². The summed E-state index contributed by atoms with van der Waals surface area (Å²) in [6, 6.07) is 0. The maximum Gasteiger partial charge on any atom is 0.308 e. The molecule has 6 nitrogen and oxygen atoms in total. The summed E-state index contributed by atoms with van der Waals surface area (Å²) in [5.41, 5.74) is 3.99. The van der Waals surface area contributed by atoms with Gasteiger partial charge in [-0.05, 0) is 32.1 Å². The van der Waals surface area contributed by atoms with Crippen LogP contribution in [0.4, 0.5) is 0 Å². The number of esters is 1. The highest BCUT2D eigenvalue weighted by Gasteiger charge is 2.27. The van der Waals surface area contributed by atoms with Crippen molar-refractivity contribution in [2.45, 2.75) is 122 Å². The summed E-state index contributed by atoms with van der Waals surface area (Å²) >= 11 is 0. The van der Waals surface area contributed by atoms with Crippen LogP contribution in [-0.4, -0.2) is 38.3 Å². The van der Waals surface area contributed by atoms with Crippen molar-refractivity contribution in [2.24, 2.45) is 11.8 Å². The molecule has 0 aromatic carbocycles. The Morgan fingerprint density at radius 2 is 1.19 bits per heavy atom. The summed E-state index contributed by atoms with van der Waals surface area (Å²) in [4.78, 5) is 12.1. The summed E-state index contributed by atoms with van der Waals surface area (Å²) in [7, 11) is -3.92. The largest absolute Gasteiger partial charge is 0.748 e. The molecular formula is C25H51NO5S. The molecule has 1 rings (SSSR count). The third kappa shape index (κ3) is 22.5. The van der Waals surface area contributed by atoms with Crippen LogP contribution in [0.25, 0.3) is 0 Å². The number of unbranched alkanes of at least 4 members (excludes halogenated alkanes) is 13. The van der Waals surface area contributed by atoms with Gasteiger partial charge in [-0.15, -0.1) is 0 Å². The van der Waals surface area contributed by atoms with E-state index in [1.807, 2.05) is 0 Å². The fourth-order valence-corrected chi connectivity index (χ4v) is 4.27. The van der Waals surface area contributed by atoms with Crippen LogP contribution in [0, 0.1) is 11.8 Å². The second-order valence-electron chi connectivity index (χ2n) is 9.47. The average molecular weight is 478 g/mol. The molecule has 0 aliphatic heterocycles. The van der Waals surface area contributed by atoms with E-state index in [0.717, 1.165) is 44.6 Å². The van der Waals surface area contributed by atoms with Gasteiger partial charge in [-0.3, -0.25) is 4.79 Å². The van der Waals surface area contributed by atoms with Crippen LogP contribution in [0.2, 0.25) is 0 Å². The van der Waals surface area contributed by atoms with Crippen molar-refractivity contribution in [3.05, 3.63) is 0 Å². The molecule has 1 aliphatic carbocycles. The fraction of sp³-hybridized carbons (Fsp3) is 0.960. The van der Waals surface area contributed by atoms with Gasteiger partial charge in [0.2, 0.25) is 0 Å². The summed E-state index contributed by atoms with van der Waals surface area (Å²) in [6.45, 7) is 3.93. The minimum Gasteiger partial charge on any atom is -0.748 e. The monoisotopic (exact) mass is 477 g/mol. The van der Waals surface area contributed by atoms with Crippen molar-refractivity contribution in [1.82, 2.24) is 0 Å². The van der Waals surface area contributed by atoms with E-state index in [1.165, 1.54) is 83.5 Å². The molecule has 0 atom stereocenters. The molecule has 0 spiro atoms. The predicted octanol–water partition coefficient (Wildman–Crippen LogP) is 5.22. The van der Waals surface area contributed by atoms with Crippen molar-refractivity contribution in [3.8, 4) is 0 Å². The first kappa shape index (κ1) is 31.3. The first-order valence-corrected chi connectivity index (χ1v) is 15.0. The molecule has 1 aliphatic rings. The van der Waals surface area contributed by atoms with Crippen LogP contribution in [0.5, 0.6) is 0 Å². The molecule has 192 valence electrons. The van der Waals surface area contributed by atoms with E-state index in [0.29, 0.717) is 12.9 Å². The highest BCUT2D eigenvalue weighted by molar-refractivity contribution is 7.84. The molecule has 0 radical (unpaired) electrons. The van der Waals surface area contributed by atoms with E-state index in [1.54, 1.807) is 0 Å². The van der Waals surface area contributed by atoms with Crippen molar-refractivity contribution in [3.63, 3.8) is 0 Å². The van der Waals surface area contributed by atoms with Gasteiger partial charge in [-0.2, -0.15) is 0 Å². The lowest BCUT2D eigenvalue weighted by Crippen LogP contribution is -2.54. The van der Waals surface area contributed by atoms with Crippen molar-refractivity contribution >= 4 is 16.1 Å². The van der Waals surface area contributed by atoms with Gasteiger partial charge in [0.1, 0.15) is 0 Å². The van der Waals surface area contributed by atoms with Gasteiger partial charge in [0.05, 0.1) is 29.2 Å². The number of hydrogen-bond acceptors (Lipinski definition) is 5. The third-order valence-corrected chi connectivity index (χ3v) is 6.33. The summed E-state index contributed by atoms with van der Waals surface area (Å²) in [5, 5.41) is 0. The second-order valence-corrected chi connectivity index (χ2v) is 10.9. The fourth-order valence-electron chi connectivity index (χ4n) is 4.27. The molecule has 0 amide bonds. The Balaban J connectivity index is 0.00000172. The zero-order valence-corrected chi connectivity index (χ0v) is 21.8. The Morgan fingerprint density at radius 3 is 1.56 bits per heavy atom. The van der Waals surface area contributed by atoms with Crippen LogP contribution in [0.3, 0.4) is 0 Å². The van der Waals surface area contributed by atoms with E-state index in [2.05, 4.69) is 12.7 Å². The van der Waals surface area contributed by atoms with E-state index in [9.17, 15) is 4.79 Å². The van der Waals surface area contributed by atoms with Gasteiger partial charge in [-0.1, -0.05) is 90.4 Å². The maximum atomic E-state index is 12.1. The summed E-state index contributed by atoms with van der Waals surface area (Å²) < 4.78 is 32.7. The Labute approximate surface area is 198 Å². The van der Waals surface area contributed by atoms with Crippen LogP contribution in [0.15, 0.2) is 0 Å². The normalized spacial score (nSPS) is 18.6. The van der Waals surface area contributed by atoms with Gasteiger partial charge < -0.3 is 15.0 Å². The van der Waals surface area contributed by atoms with E-state index < -0.39 is 10.1 Å². The van der Waals surface area contributed by atoms with Gasteiger partial charge in [0.15, 0.2) is 0 Å². The molecule has 0 unspecified atom stereocenters. The van der Waals surface area contributed by atoms with Crippen LogP contribution < -0.4 is 5.73 Å². The number of ether oxygens (including phenoxy) is 1. The molecule has 32 heavy (non-hydrogen) atoms. The molecule has 7 heteroatoms. The number of rotatable bonds is 17. The number of carbonyl (C=O) groups is 1. The Kier molecular flexibility index (Phi) is 20.5. The average Bonchev–Trinajstić information content (AvgIpc) is 2.75. The lowest BCUT2D eigenvalue weighted by atomic mass is 9.82. The lowest BCUT2D eigenvalue weighted by molar-refractivity contribution is -0.380. The highest BCUT2D eigenvalue weighted by atomic mass is 32.2. The zero-order chi connectivity index (χ0) is 24.1. The molecule has 0 bridgehead atoms. The van der Waals surface area contributed by atoms with Gasteiger partial charge in [0.25, 0.3) is 0 Å². The standard InChI is InChI=1S/C24H47NO2.CH4O3S/c1-2-3-4-5-6-7-8-9-10-11-12-13-14-15-20-27-24(26)23-18-16-22(21-25)17-19-23;1-5(2,3)4/h22-23H,2-21,25H2,1H3;1H3,(H,2,3,4). The van der Waals surface area contributed by atoms with Gasteiger partial charge in [-0.25, -0.2) is 8.42 Å². The second kappa shape index (κ2) is 20.9. The quantitative estimate of drug-likeness (QED) is 0.175. The first-order valence-electron chi connectivity index (χ1n) is 13.1. The van der Waals surface area contributed by atoms with Gasteiger partial charge >= 0.3 is 5.97 Å². The molecule has 3 N–H and O–H groups in total. The Morgan fingerprint density at radius 1 is 0.812 bits per heavy atom. The van der Waals surface area contributed by atoms with Crippen molar-refractivity contribution < 1.29 is 28.2 Å². The zero-order valence-electron chi connectivity index (χ0n) is 21.0. The molecule has 0 aromatic rings. The van der Waals surface area contributed by atoms with Gasteiger partial charge in [0, 0.05) is 12.2 Å². The van der Waals surface area contributed by atoms with E-state index in [4.69, 9.17) is 17.7 Å². The number of carbonyl (C=O) groups excluding carboxylic acids is 1. The Bertz CT molecular complexity index is 522.